The fraction of sp³-hybridized carbons (Fsp3) is 0.429. The average Bonchev–Trinajstić information content (AvgIpc) is 2.67. The van der Waals surface area contributed by atoms with Crippen LogP contribution in [0.1, 0.15) is 17.5 Å². The number of nitrogens with zero attached hydrogens (tertiary/aromatic N) is 2. The van der Waals surface area contributed by atoms with Crippen LogP contribution in [-0.2, 0) is 13.1 Å². The smallest absolute Gasteiger partial charge is 0.131 e. The fourth-order valence-corrected chi connectivity index (χ4v) is 3.58. The van der Waals surface area contributed by atoms with Gasteiger partial charge in [-0.1, -0.05) is 18.2 Å². The summed E-state index contributed by atoms with van der Waals surface area (Å²) >= 11 is 0. The van der Waals surface area contributed by atoms with Crippen molar-refractivity contribution in [2.75, 3.05) is 33.4 Å². The number of methoxy groups -OCH3 is 1. The summed E-state index contributed by atoms with van der Waals surface area (Å²) in [5.74, 6) is 0.0114. The van der Waals surface area contributed by atoms with Crippen molar-refractivity contribution in [2.45, 2.75) is 25.6 Å². The van der Waals surface area contributed by atoms with Gasteiger partial charge in [0.2, 0.25) is 0 Å². The summed E-state index contributed by atoms with van der Waals surface area (Å²) in [4.78, 5) is 4.52. The Hall–Kier alpha value is -2.02. The first-order chi connectivity index (χ1) is 13.1. The summed E-state index contributed by atoms with van der Waals surface area (Å²) < 4.78 is 32.4. The van der Waals surface area contributed by atoms with Crippen LogP contribution < -0.4 is 4.74 Å². The molecule has 2 aromatic rings. The summed E-state index contributed by atoms with van der Waals surface area (Å²) in [6, 6.07) is 11.7. The minimum Gasteiger partial charge on any atom is -0.497 e. The van der Waals surface area contributed by atoms with Crippen LogP contribution in [-0.4, -0.2) is 54.3 Å². The molecule has 1 aliphatic heterocycles. The van der Waals surface area contributed by atoms with Crippen molar-refractivity contribution in [1.29, 1.82) is 0 Å². The molecule has 3 rings (SSSR count). The van der Waals surface area contributed by atoms with Gasteiger partial charge < -0.3 is 9.84 Å². The Morgan fingerprint density at radius 3 is 2.52 bits per heavy atom. The minimum absolute atomic E-state index is 0.106. The van der Waals surface area contributed by atoms with Crippen molar-refractivity contribution in [2.24, 2.45) is 0 Å². The Labute approximate surface area is 159 Å². The third-order valence-electron chi connectivity index (χ3n) is 5.10. The topological polar surface area (TPSA) is 35.9 Å². The molecular weight excluding hydrogens is 350 g/mol. The molecule has 0 aliphatic carbocycles. The molecule has 1 aliphatic rings. The van der Waals surface area contributed by atoms with E-state index in [1.165, 1.54) is 25.3 Å². The van der Waals surface area contributed by atoms with Crippen LogP contribution in [0, 0.1) is 11.6 Å². The van der Waals surface area contributed by atoms with Crippen molar-refractivity contribution in [3.05, 3.63) is 65.2 Å². The van der Waals surface area contributed by atoms with E-state index in [-0.39, 0.29) is 24.3 Å². The predicted octanol–water partition coefficient (Wildman–Crippen LogP) is 3.04. The summed E-state index contributed by atoms with van der Waals surface area (Å²) in [5.41, 5.74) is 1.69. The number of aliphatic hydroxyl groups excluding tert-OH is 1. The molecule has 6 heteroatoms. The van der Waals surface area contributed by atoms with Gasteiger partial charge in [0.05, 0.1) is 7.11 Å². The number of piperazine rings is 1. The van der Waals surface area contributed by atoms with Gasteiger partial charge in [-0.15, -0.1) is 0 Å². The highest BCUT2D eigenvalue weighted by Crippen LogP contribution is 2.21. The molecule has 0 unspecified atom stereocenters. The van der Waals surface area contributed by atoms with Crippen LogP contribution in [0.2, 0.25) is 0 Å². The number of hydrogen-bond acceptors (Lipinski definition) is 4. The van der Waals surface area contributed by atoms with Crippen LogP contribution in [0.3, 0.4) is 0 Å². The van der Waals surface area contributed by atoms with Crippen LogP contribution in [0.5, 0.6) is 5.75 Å². The lowest BCUT2D eigenvalue weighted by Gasteiger charge is -2.41. The third-order valence-corrected chi connectivity index (χ3v) is 5.10. The largest absolute Gasteiger partial charge is 0.497 e. The van der Waals surface area contributed by atoms with E-state index in [2.05, 4.69) is 9.80 Å². The lowest BCUT2D eigenvalue weighted by atomic mass is 10.1. The molecule has 27 heavy (non-hydrogen) atoms. The van der Waals surface area contributed by atoms with Crippen molar-refractivity contribution in [3.63, 3.8) is 0 Å². The van der Waals surface area contributed by atoms with E-state index in [0.717, 1.165) is 31.7 Å². The number of halogens is 2. The van der Waals surface area contributed by atoms with Gasteiger partial charge in [0.15, 0.2) is 0 Å². The van der Waals surface area contributed by atoms with Gasteiger partial charge in [-0.2, -0.15) is 0 Å². The first kappa shape index (κ1) is 19.7. The van der Waals surface area contributed by atoms with Crippen LogP contribution in [0.4, 0.5) is 8.78 Å². The Kier molecular flexibility index (Phi) is 6.77. The average molecular weight is 376 g/mol. The highest BCUT2D eigenvalue weighted by atomic mass is 19.1. The van der Waals surface area contributed by atoms with Crippen LogP contribution in [0.15, 0.2) is 42.5 Å². The van der Waals surface area contributed by atoms with Crippen molar-refractivity contribution < 1.29 is 18.6 Å². The Morgan fingerprint density at radius 1 is 1.07 bits per heavy atom. The number of benzene rings is 2. The van der Waals surface area contributed by atoms with Crippen LogP contribution >= 0.6 is 0 Å². The second-order valence-corrected chi connectivity index (χ2v) is 6.96. The maximum absolute atomic E-state index is 14.2. The van der Waals surface area contributed by atoms with Gasteiger partial charge in [0.25, 0.3) is 0 Å². The zero-order chi connectivity index (χ0) is 19.2. The van der Waals surface area contributed by atoms with Gasteiger partial charge in [-0.05, 0) is 30.2 Å². The normalized spacial score (nSPS) is 18.6. The molecule has 1 atom stereocenters. The number of aliphatic hydroxyl groups is 1. The molecule has 0 bridgehead atoms. The summed E-state index contributed by atoms with van der Waals surface area (Å²) in [6.07, 6.45) is 0.656. The summed E-state index contributed by atoms with van der Waals surface area (Å²) in [6.45, 7) is 3.74. The van der Waals surface area contributed by atoms with Gasteiger partial charge in [0, 0.05) is 57.0 Å². The second kappa shape index (κ2) is 9.26. The predicted molar refractivity (Wildman–Crippen MR) is 101 cm³/mol. The highest BCUT2D eigenvalue weighted by Gasteiger charge is 2.27. The van der Waals surface area contributed by atoms with Crippen molar-refractivity contribution in [1.82, 2.24) is 9.80 Å². The standard InChI is InChI=1S/C21H26F2N2O2/c1-27-20-7-4-17(21(23)12-20)14-24-9-10-25(19(15-24)8-11-26)13-16-2-5-18(22)6-3-16/h2-7,12,19,26H,8-11,13-15H2,1H3/t19-/m1/s1. The van der Waals surface area contributed by atoms with Crippen LogP contribution in [0.25, 0.3) is 0 Å². The lowest BCUT2D eigenvalue weighted by molar-refractivity contribution is 0.0494. The fourth-order valence-electron chi connectivity index (χ4n) is 3.58. The molecule has 1 saturated heterocycles. The van der Waals surface area contributed by atoms with Crippen molar-refractivity contribution in [3.8, 4) is 5.75 Å². The van der Waals surface area contributed by atoms with Crippen molar-refractivity contribution >= 4 is 0 Å². The molecule has 0 saturated carbocycles. The summed E-state index contributed by atoms with van der Waals surface area (Å²) in [5, 5.41) is 9.45. The maximum atomic E-state index is 14.2. The number of ether oxygens (including phenoxy) is 1. The molecule has 0 amide bonds. The first-order valence-electron chi connectivity index (χ1n) is 9.23. The SMILES string of the molecule is COc1ccc(CN2CCN(Cc3ccc(F)cc3)[C@H](CCO)C2)c(F)c1. The second-order valence-electron chi connectivity index (χ2n) is 6.96. The zero-order valence-electron chi connectivity index (χ0n) is 15.6. The van der Waals surface area contributed by atoms with E-state index in [0.29, 0.717) is 24.3 Å². The molecule has 1 heterocycles. The minimum atomic E-state index is -0.262. The molecule has 2 aromatic carbocycles. The lowest BCUT2D eigenvalue weighted by Crippen LogP contribution is -2.52. The van der Waals surface area contributed by atoms with E-state index in [1.807, 2.05) is 0 Å². The quantitative estimate of drug-likeness (QED) is 0.806. The monoisotopic (exact) mass is 376 g/mol. The first-order valence-corrected chi connectivity index (χ1v) is 9.23. The van der Waals surface area contributed by atoms with Gasteiger partial charge >= 0.3 is 0 Å². The third kappa shape index (κ3) is 5.25. The number of rotatable bonds is 7. The molecule has 4 nitrogen and oxygen atoms in total. The maximum Gasteiger partial charge on any atom is 0.131 e. The Balaban J connectivity index is 1.63. The van der Waals surface area contributed by atoms with Gasteiger partial charge in [-0.25, -0.2) is 8.78 Å². The molecule has 1 fully saturated rings. The van der Waals surface area contributed by atoms with Gasteiger partial charge in [0.1, 0.15) is 17.4 Å². The van der Waals surface area contributed by atoms with E-state index >= 15 is 0 Å². The molecule has 0 spiro atoms. The highest BCUT2D eigenvalue weighted by molar-refractivity contribution is 5.29. The molecule has 0 radical (unpaired) electrons. The Bertz CT molecular complexity index is 739. The molecule has 0 aromatic heterocycles. The summed E-state index contributed by atoms with van der Waals surface area (Å²) in [7, 11) is 1.52. The molecule has 146 valence electrons. The zero-order valence-corrected chi connectivity index (χ0v) is 15.6. The molecular formula is C21H26F2N2O2. The van der Waals surface area contributed by atoms with E-state index in [4.69, 9.17) is 4.74 Å². The Morgan fingerprint density at radius 2 is 1.85 bits per heavy atom. The number of hydrogen-bond donors (Lipinski definition) is 1. The molecule has 1 N–H and O–H groups in total. The van der Waals surface area contributed by atoms with E-state index in [9.17, 15) is 13.9 Å². The van der Waals surface area contributed by atoms with Gasteiger partial charge in [-0.3, -0.25) is 9.80 Å². The van der Waals surface area contributed by atoms with E-state index in [1.54, 1.807) is 24.3 Å². The van der Waals surface area contributed by atoms with E-state index < -0.39 is 0 Å².